The highest BCUT2D eigenvalue weighted by Gasteiger charge is 2.07. The van der Waals surface area contributed by atoms with Gasteiger partial charge in [-0.05, 0) is 18.1 Å². The normalized spacial score (nSPS) is 10.2. The van der Waals surface area contributed by atoms with E-state index in [1.807, 2.05) is 0 Å². The van der Waals surface area contributed by atoms with Crippen LogP contribution in [0.5, 0.6) is 11.5 Å². The highest BCUT2D eigenvalue weighted by molar-refractivity contribution is 7.95. The minimum Gasteiger partial charge on any atom is -0.495 e. The molecule has 0 heterocycles. The van der Waals surface area contributed by atoms with Crippen LogP contribution in [0.1, 0.15) is 5.56 Å². The van der Waals surface area contributed by atoms with Crippen LogP contribution in [-0.2, 0) is 9.84 Å². The molecule has 0 saturated carbocycles. The first-order valence-electron chi connectivity index (χ1n) is 4.41. The Balaban J connectivity index is 3.34. The van der Waals surface area contributed by atoms with Gasteiger partial charge in [-0.2, -0.15) is 0 Å². The Bertz CT molecular complexity index is 513. The van der Waals surface area contributed by atoms with Crippen molar-refractivity contribution in [3.63, 3.8) is 0 Å². The molecule has 1 aromatic rings. The summed E-state index contributed by atoms with van der Waals surface area (Å²) in [5.41, 5.74) is 0.429. The number of benzene rings is 1. The number of hydrogen-bond acceptors (Lipinski definition) is 4. The molecule has 0 bridgehead atoms. The third-order valence-electron chi connectivity index (χ3n) is 1.79. The fraction of sp³-hybridized carbons (Fsp3) is 0.273. The fourth-order valence-electron chi connectivity index (χ4n) is 1.12. The predicted octanol–water partition coefficient (Wildman–Crippen LogP) is 1.06. The molecule has 1 rings (SSSR count). The SMILES string of the molecule is COc1cccc(OC)c1C#CS(C)(=O)=O. The summed E-state index contributed by atoms with van der Waals surface area (Å²) >= 11 is 0. The zero-order valence-electron chi connectivity index (χ0n) is 9.27. The zero-order chi connectivity index (χ0) is 12.2. The summed E-state index contributed by atoms with van der Waals surface area (Å²) in [6.07, 6.45) is 1.04. The molecule has 16 heavy (non-hydrogen) atoms. The smallest absolute Gasteiger partial charge is 0.214 e. The van der Waals surface area contributed by atoms with Crippen molar-refractivity contribution < 1.29 is 17.9 Å². The summed E-state index contributed by atoms with van der Waals surface area (Å²) < 4.78 is 32.0. The second-order valence-corrected chi connectivity index (χ2v) is 4.79. The van der Waals surface area contributed by atoms with Crippen LogP contribution in [0, 0.1) is 11.2 Å². The van der Waals surface area contributed by atoms with Crippen molar-refractivity contribution in [2.45, 2.75) is 0 Å². The van der Waals surface area contributed by atoms with E-state index in [1.165, 1.54) is 14.2 Å². The molecule has 0 N–H and O–H groups in total. The van der Waals surface area contributed by atoms with E-state index in [1.54, 1.807) is 18.2 Å². The average molecular weight is 240 g/mol. The van der Waals surface area contributed by atoms with Gasteiger partial charge >= 0.3 is 0 Å². The molecule has 0 aliphatic carbocycles. The summed E-state index contributed by atoms with van der Waals surface area (Å²) in [6, 6.07) is 5.12. The maximum Gasteiger partial charge on any atom is 0.214 e. The standard InChI is InChI=1S/C11H12O4S/c1-14-10-5-4-6-11(15-2)9(10)7-8-16(3,12)13/h4-6H,1-3H3. The third kappa shape index (κ3) is 3.17. The molecule has 0 radical (unpaired) electrons. The maximum absolute atomic E-state index is 10.9. The molecule has 0 aliphatic rings. The molecule has 0 saturated heterocycles. The Morgan fingerprint density at radius 2 is 1.62 bits per heavy atom. The van der Waals surface area contributed by atoms with E-state index >= 15 is 0 Å². The van der Waals surface area contributed by atoms with Gasteiger partial charge in [-0.3, -0.25) is 0 Å². The lowest BCUT2D eigenvalue weighted by molar-refractivity contribution is 0.392. The molecular weight excluding hydrogens is 228 g/mol. The van der Waals surface area contributed by atoms with E-state index < -0.39 is 9.84 Å². The predicted molar refractivity (Wildman–Crippen MR) is 61.3 cm³/mol. The van der Waals surface area contributed by atoms with Crippen LogP contribution in [0.25, 0.3) is 0 Å². The number of rotatable bonds is 2. The summed E-state index contributed by atoms with van der Waals surface area (Å²) in [6.45, 7) is 0. The lowest BCUT2D eigenvalue weighted by Gasteiger charge is -2.07. The van der Waals surface area contributed by atoms with Gasteiger partial charge in [0.1, 0.15) is 17.1 Å². The molecule has 0 fully saturated rings. The molecule has 0 aromatic heterocycles. The molecule has 0 spiro atoms. The Morgan fingerprint density at radius 1 is 1.12 bits per heavy atom. The van der Waals surface area contributed by atoms with E-state index in [0.29, 0.717) is 17.1 Å². The first-order valence-corrected chi connectivity index (χ1v) is 6.31. The van der Waals surface area contributed by atoms with Crippen molar-refractivity contribution in [3.05, 3.63) is 23.8 Å². The highest BCUT2D eigenvalue weighted by Crippen LogP contribution is 2.26. The van der Waals surface area contributed by atoms with Gasteiger partial charge in [0.25, 0.3) is 0 Å². The molecule has 0 amide bonds. The first kappa shape index (κ1) is 12.4. The Labute approximate surface area is 95.1 Å². The first-order chi connectivity index (χ1) is 7.48. The van der Waals surface area contributed by atoms with Gasteiger partial charge in [0.05, 0.1) is 20.5 Å². The second-order valence-electron chi connectivity index (χ2n) is 3.04. The van der Waals surface area contributed by atoms with Gasteiger partial charge < -0.3 is 9.47 Å². The molecule has 0 unspecified atom stereocenters. The van der Waals surface area contributed by atoms with E-state index in [4.69, 9.17) is 9.47 Å². The number of ether oxygens (including phenoxy) is 2. The van der Waals surface area contributed by atoms with Crippen LogP contribution < -0.4 is 9.47 Å². The molecule has 5 heteroatoms. The van der Waals surface area contributed by atoms with Gasteiger partial charge in [-0.25, -0.2) is 8.42 Å². The van der Waals surface area contributed by atoms with Crippen molar-refractivity contribution in [2.24, 2.45) is 0 Å². The minimum atomic E-state index is -3.34. The van der Waals surface area contributed by atoms with Gasteiger partial charge in [-0.1, -0.05) is 6.07 Å². The summed E-state index contributed by atoms with van der Waals surface area (Å²) in [5, 5.41) is 2.15. The van der Waals surface area contributed by atoms with Crippen molar-refractivity contribution in [3.8, 4) is 22.7 Å². The maximum atomic E-state index is 10.9. The summed E-state index contributed by atoms with van der Waals surface area (Å²) in [4.78, 5) is 0. The van der Waals surface area contributed by atoms with E-state index in [0.717, 1.165) is 6.26 Å². The lowest BCUT2D eigenvalue weighted by atomic mass is 10.2. The second kappa shape index (κ2) is 4.90. The monoisotopic (exact) mass is 240 g/mol. The van der Waals surface area contributed by atoms with Gasteiger partial charge in [0.2, 0.25) is 9.84 Å². The third-order valence-corrected chi connectivity index (χ3v) is 2.26. The Hall–Kier alpha value is -1.67. The van der Waals surface area contributed by atoms with Crippen molar-refractivity contribution in [1.29, 1.82) is 0 Å². The molecule has 4 nitrogen and oxygen atoms in total. The quantitative estimate of drug-likeness (QED) is 0.725. The molecule has 86 valence electrons. The average Bonchev–Trinajstić information content (AvgIpc) is 2.24. The van der Waals surface area contributed by atoms with Gasteiger partial charge in [-0.15, -0.1) is 0 Å². The number of methoxy groups -OCH3 is 2. The lowest BCUT2D eigenvalue weighted by Crippen LogP contribution is -1.94. The summed E-state index contributed by atoms with van der Waals surface area (Å²) in [5.74, 6) is 3.50. The van der Waals surface area contributed by atoms with Gasteiger partial charge in [0, 0.05) is 5.25 Å². The van der Waals surface area contributed by atoms with Gasteiger partial charge in [0.15, 0.2) is 0 Å². The molecule has 1 aromatic carbocycles. The van der Waals surface area contributed by atoms with Crippen LogP contribution in [0.3, 0.4) is 0 Å². The van der Waals surface area contributed by atoms with E-state index in [9.17, 15) is 8.42 Å². The van der Waals surface area contributed by atoms with Crippen LogP contribution >= 0.6 is 0 Å². The van der Waals surface area contributed by atoms with Crippen LogP contribution in [-0.4, -0.2) is 28.9 Å². The molecule has 0 atom stereocenters. The van der Waals surface area contributed by atoms with E-state index in [2.05, 4.69) is 11.2 Å². The van der Waals surface area contributed by atoms with Crippen LogP contribution in [0.2, 0.25) is 0 Å². The summed E-state index contributed by atoms with van der Waals surface area (Å²) in [7, 11) is -0.371. The number of sulfone groups is 1. The van der Waals surface area contributed by atoms with Crippen molar-refractivity contribution >= 4 is 9.84 Å². The highest BCUT2D eigenvalue weighted by atomic mass is 32.2. The van der Waals surface area contributed by atoms with Crippen LogP contribution in [0.4, 0.5) is 0 Å². The molecular formula is C11H12O4S. The zero-order valence-corrected chi connectivity index (χ0v) is 10.1. The Morgan fingerprint density at radius 3 is 2.00 bits per heavy atom. The Kier molecular flexibility index (Phi) is 3.80. The molecule has 0 aliphatic heterocycles. The largest absolute Gasteiger partial charge is 0.495 e. The fourth-order valence-corrected chi connectivity index (χ4v) is 1.41. The van der Waals surface area contributed by atoms with Crippen molar-refractivity contribution in [2.75, 3.05) is 20.5 Å². The van der Waals surface area contributed by atoms with Crippen molar-refractivity contribution in [1.82, 2.24) is 0 Å². The minimum absolute atomic E-state index is 0.429. The number of hydrogen-bond donors (Lipinski definition) is 0. The topological polar surface area (TPSA) is 52.6 Å². The van der Waals surface area contributed by atoms with Crippen LogP contribution in [0.15, 0.2) is 18.2 Å². The van der Waals surface area contributed by atoms with E-state index in [-0.39, 0.29) is 0 Å².